The largest absolute Gasteiger partial charge is 0.277 e. The molecule has 1 N–H and O–H groups in total. The van der Waals surface area contributed by atoms with Crippen molar-refractivity contribution in [1.82, 2.24) is 24.9 Å². The molecular formula is C14H13N5O3S2. The quantitative estimate of drug-likeness (QED) is 0.752. The molecule has 1 amide bonds. The van der Waals surface area contributed by atoms with Crippen LogP contribution in [0.5, 0.6) is 0 Å². The first-order valence-electron chi connectivity index (χ1n) is 6.84. The molecule has 2 aromatic heterocycles. The second kappa shape index (κ2) is 6.13. The summed E-state index contributed by atoms with van der Waals surface area (Å²) in [6.07, 6.45) is 1.33. The van der Waals surface area contributed by atoms with Crippen LogP contribution in [0, 0.1) is 13.8 Å². The van der Waals surface area contributed by atoms with Gasteiger partial charge in [0.25, 0.3) is 15.9 Å². The molecule has 24 heavy (non-hydrogen) atoms. The lowest BCUT2D eigenvalue weighted by Gasteiger charge is -2.10. The number of nitrogens with zero attached hydrogens (tertiary/aromatic N) is 4. The van der Waals surface area contributed by atoms with Crippen LogP contribution in [0.3, 0.4) is 0 Å². The maximum absolute atomic E-state index is 12.5. The molecule has 0 aliphatic heterocycles. The third kappa shape index (κ3) is 3.05. The SMILES string of the molecule is Cc1ccc(C)c(S(=O)(=O)NC(=O)c2sccc2-n2cnnn2)c1. The molecule has 0 saturated carbocycles. The van der Waals surface area contributed by atoms with Gasteiger partial charge in [0.05, 0.1) is 10.6 Å². The Morgan fingerprint density at radius 2 is 2.04 bits per heavy atom. The Balaban J connectivity index is 1.93. The fourth-order valence-electron chi connectivity index (χ4n) is 2.14. The van der Waals surface area contributed by atoms with E-state index < -0.39 is 15.9 Å². The van der Waals surface area contributed by atoms with Gasteiger partial charge >= 0.3 is 0 Å². The van der Waals surface area contributed by atoms with Crippen LogP contribution in [-0.2, 0) is 10.0 Å². The summed E-state index contributed by atoms with van der Waals surface area (Å²) in [6.45, 7) is 3.46. The molecule has 3 rings (SSSR count). The van der Waals surface area contributed by atoms with Crippen molar-refractivity contribution in [3.63, 3.8) is 0 Å². The summed E-state index contributed by atoms with van der Waals surface area (Å²) < 4.78 is 28.5. The summed E-state index contributed by atoms with van der Waals surface area (Å²) in [5.74, 6) is -0.726. The van der Waals surface area contributed by atoms with Gasteiger partial charge in [-0.05, 0) is 52.9 Å². The van der Waals surface area contributed by atoms with Crippen molar-refractivity contribution >= 4 is 27.3 Å². The van der Waals surface area contributed by atoms with Crippen LogP contribution < -0.4 is 4.72 Å². The minimum absolute atomic E-state index is 0.0800. The highest BCUT2D eigenvalue weighted by Gasteiger charge is 2.24. The van der Waals surface area contributed by atoms with Gasteiger partial charge in [-0.2, -0.15) is 4.68 Å². The Hall–Kier alpha value is -2.59. The van der Waals surface area contributed by atoms with E-state index in [9.17, 15) is 13.2 Å². The molecular weight excluding hydrogens is 350 g/mol. The normalized spacial score (nSPS) is 11.4. The van der Waals surface area contributed by atoms with E-state index in [4.69, 9.17) is 0 Å². The second-order valence-electron chi connectivity index (χ2n) is 5.09. The Labute approximate surface area is 142 Å². The molecule has 8 nitrogen and oxygen atoms in total. The number of amides is 1. The van der Waals surface area contributed by atoms with E-state index in [1.165, 1.54) is 17.1 Å². The average molecular weight is 363 g/mol. The number of carbonyl (C=O) groups excluding carboxylic acids is 1. The van der Waals surface area contributed by atoms with Crippen LogP contribution in [0.2, 0.25) is 0 Å². The number of tetrazole rings is 1. The highest BCUT2D eigenvalue weighted by molar-refractivity contribution is 7.90. The Morgan fingerprint density at radius 1 is 1.25 bits per heavy atom. The van der Waals surface area contributed by atoms with Crippen LogP contribution in [0.15, 0.2) is 40.9 Å². The maximum Gasteiger partial charge on any atom is 0.277 e. The lowest BCUT2D eigenvalue weighted by atomic mass is 10.2. The van der Waals surface area contributed by atoms with Gasteiger partial charge in [-0.3, -0.25) is 4.79 Å². The van der Waals surface area contributed by atoms with Gasteiger partial charge in [0, 0.05) is 0 Å². The van der Waals surface area contributed by atoms with E-state index in [-0.39, 0.29) is 9.77 Å². The van der Waals surface area contributed by atoms with E-state index in [2.05, 4.69) is 20.2 Å². The summed E-state index contributed by atoms with van der Waals surface area (Å²) in [7, 11) is -3.98. The van der Waals surface area contributed by atoms with E-state index in [1.54, 1.807) is 31.4 Å². The average Bonchev–Trinajstić information content (AvgIpc) is 3.19. The predicted molar refractivity (Wildman–Crippen MR) is 87.6 cm³/mol. The van der Waals surface area contributed by atoms with Crippen LogP contribution >= 0.6 is 11.3 Å². The zero-order valence-electron chi connectivity index (χ0n) is 12.8. The molecule has 0 atom stereocenters. The summed E-state index contributed by atoms with van der Waals surface area (Å²) >= 11 is 1.11. The van der Waals surface area contributed by atoms with Crippen LogP contribution in [0.1, 0.15) is 20.8 Å². The number of nitrogens with one attached hydrogen (secondary N) is 1. The summed E-state index contributed by atoms with van der Waals surface area (Å²) in [6, 6.07) is 6.68. The first-order chi connectivity index (χ1) is 11.4. The van der Waals surface area contributed by atoms with Gasteiger partial charge in [0.15, 0.2) is 0 Å². The molecule has 10 heteroatoms. The monoisotopic (exact) mass is 363 g/mol. The summed E-state index contributed by atoms with van der Waals surface area (Å²) in [5, 5.41) is 12.4. The van der Waals surface area contributed by atoms with Crippen molar-refractivity contribution < 1.29 is 13.2 Å². The van der Waals surface area contributed by atoms with Gasteiger partial charge in [-0.1, -0.05) is 12.1 Å². The van der Waals surface area contributed by atoms with Gasteiger partial charge < -0.3 is 0 Å². The van der Waals surface area contributed by atoms with Crippen molar-refractivity contribution in [1.29, 1.82) is 0 Å². The second-order valence-corrected chi connectivity index (χ2v) is 7.66. The minimum atomic E-state index is -3.98. The van der Waals surface area contributed by atoms with E-state index in [1.807, 2.05) is 6.07 Å². The van der Waals surface area contributed by atoms with Crippen LogP contribution in [0.25, 0.3) is 5.69 Å². The summed E-state index contributed by atoms with van der Waals surface area (Å²) in [4.78, 5) is 12.7. The molecule has 0 bridgehead atoms. The molecule has 0 radical (unpaired) electrons. The molecule has 1 aromatic carbocycles. The first-order valence-corrected chi connectivity index (χ1v) is 9.20. The van der Waals surface area contributed by atoms with Crippen molar-refractivity contribution in [2.75, 3.05) is 0 Å². The standard InChI is InChI=1S/C14H13N5O3S2/c1-9-3-4-10(2)12(7-9)24(21,22)16-14(20)13-11(5-6-23-13)19-8-15-17-18-19/h3-8H,1-2H3,(H,16,20). The molecule has 0 saturated heterocycles. The van der Waals surface area contributed by atoms with Crippen molar-refractivity contribution in [3.05, 3.63) is 52.0 Å². The first kappa shape index (κ1) is 16.3. The van der Waals surface area contributed by atoms with Crippen molar-refractivity contribution in [2.24, 2.45) is 0 Å². The van der Waals surface area contributed by atoms with E-state index in [0.717, 1.165) is 16.9 Å². The molecule has 0 unspecified atom stereocenters. The number of sulfonamides is 1. The molecule has 2 heterocycles. The number of hydrogen-bond acceptors (Lipinski definition) is 7. The lowest BCUT2D eigenvalue weighted by Crippen LogP contribution is -2.31. The molecule has 0 aliphatic rings. The number of aromatic nitrogens is 4. The molecule has 124 valence electrons. The zero-order valence-corrected chi connectivity index (χ0v) is 14.4. The van der Waals surface area contributed by atoms with Gasteiger partial charge in [-0.15, -0.1) is 16.4 Å². The smallest absolute Gasteiger partial charge is 0.267 e. The third-order valence-corrected chi connectivity index (χ3v) is 5.68. The van der Waals surface area contributed by atoms with Gasteiger partial charge in [0.2, 0.25) is 0 Å². The zero-order chi connectivity index (χ0) is 17.3. The number of rotatable bonds is 4. The van der Waals surface area contributed by atoms with Gasteiger partial charge in [0.1, 0.15) is 11.2 Å². The number of hydrogen-bond donors (Lipinski definition) is 1. The van der Waals surface area contributed by atoms with Crippen LogP contribution in [0.4, 0.5) is 0 Å². The highest BCUT2D eigenvalue weighted by atomic mass is 32.2. The summed E-state index contributed by atoms with van der Waals surface area (Å²) in [5.41, 5.74) is 1.77. The highest BCUT2D eigenvalue weighted by Crippen LogP contribution is 2.22. The van der Waals surface area contributed by atoms with Crippen molar-refractivity contribution in [2.45, 2.75) is 18.7 Å². The number of aryl methyl sites for hydroxylation is 2. The Kier molecular flexibility index (Phi) is 4.16. The maximum atomic E-state index is 12.5. The fourth-order valence-corrected chi connectivity index (χ4v) is 4.27. The Bertz CT molecular complexity index is 993. The number of benzene rings is 1. The lowest BCUT2D eigenvalue weighted by molar-refractivity contribution is 0.0985. The Morgan fingerprint density at radius 3 is 2.75 bits per heavy atom. The minimum Gasteiger partial charge on any atom is -0.267 e. The molecule has 3 aromatic rings. The molecule has 0 fully saturated rings. The number of thiophene rings is 1. The van der Waals surface area contributed by atoms with E-state index in [0.29, 0.717) is 11.3 Å². The van der Waals surface area contributed by atoms with E-state index >= 15 is 0 Å². The third-order valence-electron chi connectivity index (χ3n) is 3.31. The number of carbonyl (C=O) groups is 1. The molecule has 0 aliphatic carbocycles. The fraction of sp³-hybridized carbons (Fsp3) is 0.143. The molecule has 0 spiro atoms. The van der Waals surface area contributed by atoms with Gasteiger partial charge in [-0.25, -0.2) is 13.1 Å². The predicted octanol–water partition coefficient (Wildman–Crippen LogP) is 1.46. The topological polar surface area (TPSA) is 107 Å². The van der Waals surface area contributed by atoms with Crippen molar-refractivity contribution in [3.8, 4) is 5.69 Å². The van der Waals surface area contributed by atoms with Crippen LogP contribution in [-0.4, -0.2) is 34.5 Å².